The third kappa shape index (κ3) is 4.08. The highest BCUT2D eigenvalue weighted by molar-refractivity contribution is 9.10. The van der Waals surface area contributed by atoms with Crippen LogP contribution < -0.4 is 9.47 Å². The highest BCUT2D eigenvalue weighted by Crippen LogP contribution is 2.30. The molecule has 3 aromatic carbocycles. The van der Waals surface area contributed by atoms with Gasteiger partial charge in [0.1, 0.15) is 16.4 Å². The summed E-state index contributed by atoms with van der Waals surface area (Å²) in [5.74, 6) is -0.0451. The molecule has 0 spiro atoms. The van der Waals surface area contributed by atoms with Gasteiger partial charge in [-0.2, -0.15) is 4.31 Å². The first-order valence-electron chi connectivity index (χ1n) is 9.48. The number of hydrogen-bond donors (Lipinski definition) is 0. The van der Waals surface area contributed by atoms with Crippen molar-refractivity contribution in [3.05, 3.63) is 64.6 Å². The van der Waals surface area contributed by atoms with Crippen LogP contribution in [0.3, 0.4) is 0 Å². The zero-order valence-corrected chi connectivity index (χ0v) is 18.7. The predicted molar refractivity (Wildman–Crippen MR) is 118 cm³/mol. The second-order valence-electron chi connectivity index (χ2n) is 7.02. The molecule has 0 N–H and O–H groups in total. The summed E-state index contributed by atoms with van der Waals surface area (Å²) in [5, 5.41) is 1.93. The number of benzene rings is 3. The molecule has 0 aromatic heterocycles. The summed E-state index contributed by atoms with van der Waals surface area (Å²) in [6, 6.07) is 15.5. The zero-order chi connectivity index (χ0) is 21.3. The van der Waals surface area contributed by atoms with E-state index in [0.29, 0.717) is 18.8 Å². The highest BCUT2D eigenvalue weighted by Gasteiger charge is 2.31. The number of nitrogens with zero attached hydrogens (tertiary/aromatic N) is 1. The molecule has 1 aliphatic heterocycles. The Kier molecular flexibility index (Phi) is 5.81. The van der Waals surface area contributed by atoms with Crippen LogP contribution in [0.5, 0.6) is 11.5 Å². The van der Waals surface area contributed by atoms with Crippen molar-refractivity contribution in [2.45, 2.75) is 17.7 Å². The summed E-state index contributed by atoms with van der Waals surface area (Å²) in [6.45, 7) is 0.931. The van der Waals surface area contributed by atoms with Gasteiger partial charge in [-0.05, 0) is 66.1 Å². The van der Waals surface area contributed by atoms with Gasteiger partial charge >= 0.3 is 5.97 Å². The van der Waals surface area contributed by atoms with Crippen LogP contribution in [-0.4, -0.2) is 38.9 Å². The van der Waals surface area contributed by atoms with Crippen LogP contribution in [0, 0.1) is 0 Å². The van der Waals surface area contributed by atoms with Gasteiger partial charge in [0.05, 0.1) is 12.7 Å². The first-order valence-corrected chi connectivity index (χ1v) is 11.7. The Morgan fingerprint density at radius 2 is 1.67 bits per heavy atom. The lowest BCUT2D eigenvalue weighted by Gasteiger charge is -2.18. The second-order valence-corrected chi connectivity index (χ2v) is 9.84. The van der Waals surface area contributed by atoms with Crippen molar-refractivity contribution in [2.24, 2.45) is 0 Å². The molecule has 1 heterocycles. The second kappa shape index (κ2) is 8.37. The molecule has 3 aromatic rings. The van der Waals surface area contributed by atoms with E-state index in [9.17, 15) is 13.2 Å². The van der Waals surface area contributed by atoms with Crippen molar-refractivity contribution >= 4 is 42.7 Å². The van der Waals surface area contributed by atoms with Gasteiger partial charge in [0, 0.05) is 17.6 Å². The van der Waals surface area contributed by atoms with Crippen molar-refractivity contribution in [1.82, 2.24) is 4.31 Å². The van der Waals surface area contributed by atoms with Crippen molar-refractivity contribution in [3.8, 4) is 11.5 Å². The molecule has 8 heteroatoms. The van der Waals surface area contributed by atoms with E-state index < -0.39 is 16.0 Å². The van der Waals surface area contributed by atoms with Crippen LogP contribution in [0.25, 0.3) is 10.8 Å². The first kappa shape index (κ1) is 20.8. The molecule has 0 amide bonds. The lowest BCUT2D eigenvalue weighted by Crippen LogP contribution is -2.28. The monoisotopic (exact) mass is 489 g/mol. The van der Waals surface area contributed by atoms with Crippen LogP contribution in [0.2, 0.25) is 0 Å². The molecule has 1 saturated heterocycles. The molecule has 6 nitrogen and oxygen atoms in total. The number of ether oxygens (including phenoxy) is 2. The van der Waals surface area contributed by atoms with Crippen molar-refractivity contribution in [1.29, 1.82) is 0 Å². The lowest BCUT2D eigenvalue weighted by molar-refractivity contribution is 0.0734. The van der Waals surface area contributed by atoms with Gasteiger partial charge in [-0.3, -0.25) is 0 Å². The van der Waals surface area contributed by atoms with Gasteiger partial charge < -0.3 is 9.47 Å². The molecule has 1 aliphatic rings. The molecular weight excluding hydrogens is 470 g/mol. The average Bonchev–Trinajstić information content (AvgIpc) is 3.29. The van der Waals surface area contributed by atoms with E-state index in [1.165, 1.54) is 29.6 Å². The van der Waals surface area contributed by atoms with Gasteiger partial charge in [-0.15, -0.1) is 0 Å². The topological polar surface area (TPSA) is 72.9 Å². The van der Waals surface area contributed by atoms with Crippen molar-refractivity contribution < 1.29 is 22.7 Å². The number of fused-ring (bicyclic) bond motifs is 1. The van der Waals surface area contributed by atoms with Gasteiger partial charge in [-0.25, -0.2) is 13.2 Å². The maximum absolute atomic E-state index is 13.0. The highest BCUT2D eigenvalue weighted by atomic mass is 79.9. The van der Waals surface area contributed by atoms with Gasteiger partial charge in [0.2, 0.25) is 10.0 Å². The summed E-state index contributed by atoms with van der Waals surface area (Å²) in [4.78, 5) is 12.7. The molecular formula is C22H20BrNO5S. The molecule has 4 rings (SSSR count). The van der Waals surface area contributed by atoms with Crippen LogP contribution in [0.4, 0.5) is 0 Å². The number of rotatable bonds is 5. The standard InChI is InChI=1S/C22H20BrNO5S/c1-28-20-9-6-17(14-21(20)30(26,27)24-10-2-3-11-24)22(25)29-19-8-5-15-12-18(23)7-4-16(15)13-19/h4-9,12-14H,2-3,10-11H2,1H3. The molecule has 156 valence electrons. The zero-order valence-electron chi connectivity index (χ0n) is 16.3. The Morgan fingerprint density at radius 3 is 2.40 bits per heavy atom. The Balaban J connectivity index is 1.63. The third-order valence-electron chi connectivity index (χ3n) is 5.07. The Bertz CT molecular complexity index is 1220. The maximum atomic E-state index is 13.0. The lowest BCUT2D eigenvalue weighted by atomic mass is 10.1. The van der Waals surface area contributed by atoms with Crippen molar-refractivity contribution in [2.75, 3.05) is 20.2 Å². The summed E-state index contributed by atoms with van der Waals surface area (Å²) in [5.41, 5.74) is 0.143. The number of carbonyl (C=O) groups excluding carboxylic acids is 1. The molecule has 30 heavy (non-hydrogen) atoms. The van der Waals surface area contributed by atoms with Gasteiger partial charge in [-0.1, -0.05) is 28.1 Å². The van der Waals surface area contributed by atoms with E-state index in [1.54, 1.807) is 12.1 Å². The number of carbonyl (C=O) groups is 1. The normalized spacial score (nSPS) is 14.7. The number of sulfonamides is 1. The van der Waals surface area contributed by atoms with Gasteiger partial charge in [0.25, 0.3) is 0 Å². The fourth-order valence-corrected chi connectivity index (χ4v) is 5.57. The fourth-order valence-electron chi connectivity index (χ4n) is 3.50. The van der Waals surface area contributed by atoms with Gasteiger partial charge in [0.15, 0.2) is 0 Å². The summed E-state index contributed by atoms with van der Waals surface area (Å²) in [6.07, 6.45) is 1.64. The predicted octanol–water partition coefficient (Wildman–Crippen LogP) is 4.61. The minimum absolute atomic E-state index is 0.0234. The summed E-state index contributed by atoms with van der Waals surface area (Å²) < 4.78 is 39.1. The Labute approximate surface area is 183 Å². The third-order valence-corrected chi connectivity index (χ3v) is 7.48. The quantitative estimate of drug-likeness (QED) is 0.386. The molecule has 0 radical (unpaired) electrons. The minimum atomic E-state index is -3.75. The molecule has 0 bridgehead atoms. The van der Waals surface area contributed by atoms with E-state index in [2.05, 4.69) is 15.9 Å². The Morgan fingerprint density at radius 1 is 0.967 bits per heavy atom. The molecule has 0 unspecified atom stereocenters. The summed E-state index contributed by atoms with van der Waals surface area (Å²) >= 11 is 3.43. The largest absolute Gasteiger partial charge is 0.495 e. The molecule has 0 atom stereocenters. The van der Waals surface area contributed by atoms with E-state index >= 15 is 0 Å². The number of esters is 1. The molecule has 0 aliphatic carbocycles. The molecule has 0 saturated carbocycles. The smallest absolute Gasteiger partial charge is 0.343 e. The van der Waals surface area contributed by atoms with E-state index in [0.717, 1.165) is 28.1 Å². The van der Waals surface area contributed by atoms with Crippen molar-refractivity contribution in [3.63, 3.8) is 0 Å². The first-order chi connectivity index (χ1) is 14.4. The van der Waals surface area contributed by atoms with Crippen LogP contribution >= 0.6 is 15.9 Å². The number of halogens is 1. The number of hydrogen-bond acceptors (Lipinski definition) is 5. The Hall–Kier alpha value is -2.42. The van der Waals surface area contributed by atoms with E-state index in [4.69, 9.17) is 9.47 Å². The van der Waals surface area contributed by atoms with Crippen LogP contribution in [0.1, 0.15) is 23.2 Å². The molecule has 1 fully saturated rings. The van der Waals surface area contributed by atoms with Crippen LogP contribution in [-0.2, 0) is 10.0 Å². The van der Waals surface area contributed by atoms with E-state index in [1.807, 2.05) is 24.3 Å². The maximum Gasteiger partial charge on any atom is 0.343 e. The number of methoxy groups -OCH3 is 1. The minimum Gasteiger partial charge on any atom is -0.495 e. The SMILES string of the molecule is COc1ccc(C(=O)Oc2ccc3cc(Br)ccc3c2)cc1S(=O)(=O)N1CCCC1. The van der Waals surface area contributed by atoms with E-state index in [-0.39, 0.29) is 16.2 Å². The van der Waals surface area contributed by atoms with Crippen LogP contribution in [0.15, 0.2) is 64.0 Å². The summed E-state index contributed by atoms with van der Waals surface area (Å²) in [7, 11) is -2.34. The average molecular weight is 490 g/mol. The fraction of sp³-hybridized carbons (Fsp3) is 0.227.